The van der Waals surface area contributed by atoms with Gasteiger partial charge in [0.15, 0.2) is 6.10 Å². The number of amides is 1. The first-order chi connectivity index (χ1) is 11.0. The highest BCUT2D eigenvalue weighted by molar-refractivity contribution is 5.93. The lowest BCUT2D eigenvalue weighted by Gasteiger charge is -2.13. The van der Waals surface area contributed by atoms with Crippen molar-refractivity contribution in [3.05, 3.63) is 48.2 Å². The highest BCUT2D eigenvalue weighted by atomic mass is 16.5. The molecule has 0 fully saturated rings. The Kier molecular flexibility index (Phi) is 3.97. The van der Waals surface area contributed by atoms with E-state index in [1.165, 1.54) is 0 Å². The van der Waals surface area contributed by atoms with Crippen LogP contribution in [0.5, 0.6) is 5.88 Å². The number of carbonyl (C=O) groups excluding carboxylic acids is 1. The smallest absolute Gasteiger partial charge is 0.266 e. The molecule has 6 nitrogen and oxygen atoms in total. The van der Waals surface area contributed by atoms with Crippen molar-refractivity contribution in [2.45, 2.75) is 20.0 Å². The molecule has 6 heteroatoms. The summed E-state index contributed by atoms with van der Waals surface area (Å²) >= 11 is 0. The minimum absolute atomic E-state index is 0.266. The molecule has 3 rings (SSSR count). The summed E-state index contributed by atoms with van der Waals surface area (Å²) in [6.07, 6.45) is -0.685. The van der Waals surface area contributed by atoms with Crippen LogP contribution < -0.4 is 10.1 Å². The molecule has 118 valence electrons. The largest absolute Gasteiger partial charge is 0.463 e. The molecule has 0 radical (unpaired) electrons. The summed E-state index contributed by atoms with van der Waals surface area (Å²) in [7, 11) is 1.84. The Morgan fingerprint density at radius 1 is 1.22 bits per heavy atom. The van der Waals surface area contributed by atoms with Crippen LogP contribution in [0.25, 0.3) is 10.9 Å². The van der Waals surface area contributed by atoms with Crippen molar-refractivity contribution in [1.82, 2.24) is 14.8 Å². The van der Waals surface area contributed by atoms with Crippen LogP contribution >= 0.6 is 0 Å². The highest BCUT2D eigenvalue weighted by Gasteiger charge is 2.19. The molecule has 1 atom stereocenters. The Balaban J connectivity index is 1.75. The van der Waals surface area contributed by atoms with Gasteiger partial charge >= 0.3 is 0 Å². The van der Waals surface area contributed by atoms with Gasteiger partial charge in [0.05, 0.1) is 10.9 Å². The van der Waals surface area contributed by atoms with E-state index in [0.717, 1.165) is 16.6 Å². The maximum Gasteiger partial charge on any atom is 0.266 e. The van der Waals surface area contributed by atoms with Crippen molar-refractivity contribution in [1.29, 1.82) is 0 Å². The zero-order valence-electron chi connectivity index (χ0n) is 13.3. The van der Waals surface area contributed by atoms with E-state index < -0.39 is 6.10 Å². The van der Waals surface area contributed by atoms with Gasteiger partial charge in [0.1, 0.15) is 5.82 Å². The van der Waals surface area contributed by atoms with Crippen LogP contribution in [0.3, 0.4) is 0 Å². The molecule has 0 spiro atoms. The predicted molar refractivity (Wildman–Crippen MR) is 88.4 cm³/mol. The van der Waals surface area contributed by atoms with Crippen LogP contribution in [0.4, 0.5) is 5.82 Å². The molecule has 0 saturated heterocycles. The lowest BCUT2D eigenvalue weighted by Crippen LogP contribution is -2.30. The van der Waals surface area contributed by atoms with Gasteiger partial charge in [-0.15, -0.1) is 5.10 Å². The van der Waals surface area contributed by atoms with E-state index in [4.69, 9.17) is 4.74 Å². The second kappa shape index (κ2) is 6.08. The molecule has 2 aromatic heterocycles. The number of anilines is 1. The molecule has 0 aliphatic carbocycles. The quantitative estimate of drug-likeness (QED) is 0.804. The van der Waals surface area contributed by atoms with E-state index in [9.17, 15) is 4.79 Å². The Hall–Kier alpha value is -2.89. The summed E-state index contributed by atoms with van der Waals surface area (Å²) in [5.74, 6) is 0.692. The summed E-state index contributed by atoms with van der Waals surface area (Å²) in [4.78, 5) is 16.5. The SMILES string of the molecule is Cc1cccc(NC(=O)[C@@H](C)Oc2nn(C)c3ccccc23)n1. The monoisotopic (exact) mass is 310 g/mol. The molecule has 1 amide bonds. The van der Waals surface area contributed by atoms with E-state index in [1.807, 2.05) is 50.4 Å². The Morgan fingerprint density at radius 2 is 2.00 bits per heavy atom. The van der Waals surface area contributed by atoms with Gasteiger partial charge in [0.25, 0.3) is 5.91 Å². The number of fused-ring (bicyclic) bond motifs is 1. The van der Waals surface area contributed by atoms with Gasteiger partial charge in [-0.05, 0) is 38.1 Å². The van der Waals surface area contributed by atoms with Crippen molar-refractivity contribution >= 4 is 22.6 Å². The summed E-state index contributed by atoms with van der Waals surface area (Å²) in [5.41, 5.74) is 1.79. The minimum atomic E-state index is -0.685. The second-order valence-corrected chi connectivity index (χ2v) is 5.36. The Labute approximate surface area is 134 Å². The first-order valence-corrected chi connectivity index (χ1v) is 7.37. The summed E-state index contributed by atoms with van der Waals surface area (Å²) < 4.78 is 7.47. The summed E-state index contributed by atoms with van der Waals surface area (Å²) in [5, 5.41) is 7.96. The van der Waals surface area contributed by atoms with Gasteiger partial charge < -0.3 is 10.1 Å². The highest BCUT2D eigenvalue weighted by Crippen LogP contribution is 2.24. The minimum Gasteiger partial charge on any atom is -0.463 e. The van der Waals surface area contributed by atoms with E-state index >= 15 is 0 Å². The second-order valence-electron chi connectivity index (χ2n) is 5.36. The zero-order chi connectivity index (χ0) is 16.4. The van der Waals surface area contributed by atoms with Crippen molar-refractivity contribution in [3.8, 4) is 5.88 Å². The molecule has 0 unspecified atom stereocenters. The van der Waals surface area contributed by atoms with Gasteiger partial charge in [-0.25, -0.2) is 4.98 Å². The molecule has 1 aromatic carbocycles. The molecule has 1 N–H and O–H groups in total. The summed E-state index contributed by atoms with van der Waals surface area (Å²) in [6, 6.07) is 13.2. The molecule has 3 aromatic rings. The average molecular weight is 310 g/mol. The third-order valence-electron chi connectivity index (χ3n) is 3.52. The van der Waals surface area contributed by atoms with Gasteiger partial charge in [-0.3, -0.25) is 9.48 Å². The summed E-state index contributed by atoms with van der Waals surface area (Å²) in [6.45, 7) is 3.56. The van der Waals surface area contributed by atoms with Gasteiger partial charge in [-0.1, -0.05) is 18.2 Å². The number of nitrogens with zero attached hydrogens (tertiary/aromatic N) is 3. The van der Waals surface area contributed by atoms with Crippen molar-refractivity contribution in [2.75, 3.05) is 5.32 Å². The van der Waals surface area contributed by atoms with Crippen LogP contribution in [0, 0.1) is 6.92 Å². The van der Waals surface area contributed by atoms with E-state index in [1.54, 1.807) is 17.7 Å². The van der Waals surface area contributed by atoms with Crippen LogP contribution in [0.2, 0.25) is 0 Å². The number of benzene rings is 1. The van der Waals surface area contributed by atoms with Gasteiger partial charge in [-0.2, -0.15) is 0 Å². The van der Waals surface area contributed by atoms with Crippen LogP contribution in [0.1, 0.15) is 12.6 Å². The van der Waals surface area contributed by atoms with Crippen molar-refractivity contribution in [2.24, 2.45) is 7.05 Å². The third-order valence-corrected chi connectivity index (χ3v) is 3.52. The number of nitrogens with one attached hydrogen (secondary N) is 1. The number of hydrogen-bond donors (Lipinski definition) is 1. The van der Waals surface area contributed by atoms with Gasteiger partial charge in [0, 0.05) is 12.7 Å². The lowest BCUT2D eigenvalue weighted by atomic mass is 10.2. The third kappa shape index (κ3) is 3.15. The number of aryl methyl sites for hydroxylation is 2. The molecular weight excluding hydrogens is 292 g/mol. The van der Waals surface area contributed by atoms with Crippen LogP contribution in [0.15, 0.2) is 42.5 Å². The fourth-order valence-corrected chi connectivity index (χ4v) is 2.33. The fraction of sp³-hybridized carbons (Fsp3) is 0.235. The van der Waals surface area contributed by atoms with Crippen molar-refractivity contribution < 1.29 is 9.53 Å². The maximum absolute atomic E-state index is 12.3. The zero-order valence-corrected chi connectivity index (χ0v) is 13.3. The number of pyridine rings is 1. The average Bonchev–Trinajstić information content (AvgIpc) is 2.84. The van der Waals surface area contributed by atoms with Crippen molar-refractivity contribution in [3.63, 3.8) is 0 Å². The first kappa shape index (κ1) is 15.0. The number of rotatable bonds is 4. The standard InChI is InChI=1S/C17H18N4O2/c1-11-7-6-10-15(18-11)19-16(22)12(2)23-17-13-8-4-5-9-14(13)21(3)20-17/h4-10,12H,1-3H3,(H,18,19,22)/t12-/m1/s1. The molecule has 0 saturated carbocycles. The Morgan fingerprint density at radius 3 is 2.78 bits per heavy atom. The first-order valence-electron chi connectivity index (χ1n) is 7.37. The number of hydrogen-bond acceptors (Lipinski definition) is 4. The molecule has 23 heavy (non-hydrogen) atoms. The molecule has 2 heterocycles. The number of ether oxygens (including phenoxy) is 1. The normalized spacial score (nSPS) is 12.1. The molecule has 0 aliphatic heterocycles. The van der Waals surface area contributed by atoms with E-state index in [0.29, 0.717) is 11.7 Å². The number of aromatic nitrogens is 3. The van der Waals surface area contributed by atoms with E-state index in [-0.39, 0.29) is 5.91 Å². The predicted octanol–water partition coefficient (Wildman–Crippen LogP) is 2.68. The molecular formula is C17H18N4O2. The van der Waals surface area contributed by atoms with Gasteiger partial charge in [0.2, 0.25) is 5.88 Å². The molecule has 0 bridgehead atoms. The fourth-order valence-electron chi connectivity index (χ4n) is 2.33. The number of para-hydroxylation sites is 1. The molecule has 0 aliphatic rings. The maximum atomic E-state index is 12.3. The van der Waals surface area contributed by atoms with Crippen LogP contribution in [-0.2, 0) is 11.8 Å². The van der Waals surface area contributed by atoms with Crippen LogP contribution in [-0.4, -0.2) is 26.8 Å². The Bertz CT molecular complexity index is 857. The number of carbonyl (C=O) groups is 1. The van der Waals surface area contributed by atoms with E-state index in [2.05, 4.69) is 15.4 Å². The topological polar surface area (TPSA) is 69.0 Å². The lowest BCUT2D eigenvalue weighted by molar-refractivity contribution is -0.122.